The Morgan fingerprint density at radius 3 is 2.76 bits per heavy atom. The summed E-state index contributed by atoms with van der Waals surface area (Å²) in [5.41, 5.74) is 7.73. The van der Waals surface area contributed by atoms with E-state index < -0.39 is 33.5 Å². The summed E-state index contributed by atoms with van der Waals surface area (Å²) in [6.07, 6.45) is 6.17. The van der Waals surface area contributed by atoms with Crippen molar-refractivity contribution in [1.82, 2.24) is 43.4 Å². The number of nitrogens with zero attached hydrogens (tertiary/aromatic N) is 9. The fourth-order valence-corrected chi connectivity index (χ4v) is 8.68. The number of nitrogens with two attached hydrogens (primary N) is 1. The molecule has 3 fully saturated rings. The number of fused-ring (bicyclic) bond motifs is 6. The molecule has 45 heavy (non-hydrogen) atoms. The predicted octanol–water partition coefficient (Wildman–Crippen LogP) is 2.79. The number of hydrogen-bond donors (Lipinski definition) is 3. The lowest BCUT2D eigenvalue weighted by molar-refractivity contribution is -0.0387. The first-order valence-corrected chi connectivity index (χ1v) is 18.0. The van der Waals surface area contributed by atoms with Gasteiger partial charge in [0.2, 0.25) is 11.7 Å². The van der Waals surface area contributed by atoms with Crippen molar-refractivity contribution in [2.75, 3.05) is 25.6 Å². The largest absolute Gasteiger partial charge is 0.492 e. The van der Waals surface area contributed by atoms with E-state index in [0.717, 1.165) is 0 Å². The molecule has 0 amide bonds. The molecule has 0 aromatic carbocycles. The molecule has 5 aromatic rings. The molecule has 18 nitrogen and oxygen atoms in total. The molecule has 5 aromatic heterocycles. The standard InChI is InChI=1S/C24H28N10O8P2S/c1-11-18-15(41-23(11)34-10-29-16-19(25)27-8-28-20(16)34)7-40-44(37,45)39-6-13-12(5-38-43(36)42-18)4-14(13)33-9-30-17-21(35)31-24-26-2-3-32(24)22(17)33/h2-3,8-15,18,23,43H,4-7H2,1H3,(H,37,45)(H2,25,27,28)(H,26,31,35)/t11-,12-,13-,14-,15-,18+,23-,44-/m1/s1. The highest BCUT2D eigenvalue weighted by Gasteiger charge is 2.48. The van der Waals surface area contributed by atoms with Crippen LogP contribution in [0.4, 0.5) is 5.82 Å². The van der Waals surface area contributed by atoms with Crippen LogP contribution in [-0.2, 0) is 32.0 Å². The number of aromatic hydroxyl groups is 1. The van der Waals surface area contributed by atoms with E-state index in [1.807, 2.05) is 11.5 Å². The highest BCUT2D eigenvalue weighted by Crippen LogP contribution is 2.57. The van der Waals surface area contributed by atoms with E-state index in [1.54, 1.807) is 27.7 Å². The predicted molar refractivity (Wildman–Crippen MR) is 160 cm³/mol. The van der Waals surface area contributed by atoms with Crippen molar-refractivity contribution in [3.05, 3.63) is 31.4 Å². The summed E-state index contributed by atoms with van der Waals surface area (Å²) in [7, 11) is -3.00. The van der Waals surface area contributed by atoms with Gasteiger partial charge in [-0.2, -0.15) is 4.98 Å². The van der Waals surface area contributed by atoms with Gasteiger partial charge in [-0.05, 0) is 12.3 Å². The molecule has 0 radical (unpaired) electrons. The molecule has 9 atom stereocenters. The van der Waals surface area contributed by atoms with Crippen LogP contribution in [0, 0.1) is 17.8 Å². The van der Waals surface area contributed by atoms with Gasteiger partial charge in [0.1, 0.15) is 30.3 Å². The van der Waals surface area contributed by atoms with Gasteiger partial charge in [-0.3, -0.25) is 18.1 Å². The molecule has 21 heteroatoms. The minimum absolute atomic E-state index is 0.00119. The second-order valence-electron chi connectivity index (χ2n) is 11.3. The molecular formula is C24H28N10O8P2S. The van der Waals surface area contributed by atoms with Crippen molar-refractivity contribution < 1.29 is 37.1 Å². The molecule has 2 saturated heterocycles. The Kier molecular flexibility index (Phi) is 7.14. The normalized spacial score (nSPS) is 34.5. The molecule has 1 saturated carbocycles. The zero-order chi connectivity index (χ0) is 31.0. The SMILES string of the molecule is C[C@@H]1[C@@H]2O[PH](=O)OC[C@H]3C[C@@H](n4cnc5c(O)nc6nccn6c54)[C@@H]3CO[P@@](=O)(S)OC[C@H]2O[C@H]1n1cnc2c(N)ncnc21. The summed E-state index contributed by atoms with van der Waals surface area (Å²) in [6.45, 7) is -2.13. The summed E-state index contributed by atoms with van der Waals surface area (Å²) >= 11 is 4.24. The van der Waals surface area contributed by atoms with E-state index in [-0.39, 0.29) is 55.3 Å². The number of thiol groups is 1. The topological polar surface area (TPSA) is 218 Å². The lowest BCUT2D eigenvalue weighted by Crippen LogP contribution is -2.43. The van der Waals surface area contributed by atoms with Gasteiger partial charge in [-0.1, -0.05) is 19.2 Å². The van der Waals surface area contributed by atoms with Gasteiger partial charge in [0.05, 0.1) is 32.5 Å². The molecule has 3 aliphatic rings. The van der Waals surface area contributed by atoms with E-state index in [9.17, 15) is 14.2 Å². The molecule has 1 unspecified atom stereocenters. The van der Waals surface area contributed by atoms with E-state index in [1.165, 1.54) is 12.7 Å². The number of hydrogen-bond acceptors (Lipinski definition) is 15. The molecule has 8 rings (SSSR count). The van der Waals surface area contributed by atoms with Crippen molar-refractivity contribution >= 4 is 61.2 Å². The molecule has 7 heterocycles. The van der Waals surface area contributed by atoms with Gasteiger partial charge in [0.25, 0.3) is 0 Å². The van der Waals surface area contributed by atoms with Gasteiger partial charge in [0, 0.05) is 30.3 Å². The third-order valence-corrected chi connectivity index (χ3v) is 11.3. The monoisotopic (exact) mass is 678 g/mol. The van der Waals surface area contributed by atoms with Crippen molar-refractivity contribution in [3.8, 4) is 5.88 Å². The Balaban J connectivity index is 1.05. The molecule has 0 spiro atoms. The Labute approximate surface area is 259 Å². The third-order valence-electron chi connectivity index (χ3n) is 8.83. The fraction of sp³-hybridized carbons (Fsp3) is 0.500. The summed E-state index contributed by atoms with van der Waals surface area (Å²) in [6, 6.07) is -0.191. The number of nitrogen functional groups attached to an aromatic ring is 1. The molecule has 3 N–H and O–H groups in total. The van der Waals surface area contributed by atoms with E-state index in [2.05, 4.69) is 42.2 Å². The van der Waals surface area contributed by atoms with E-state index >= 15 is 0 Å². The third kappa shape index (κ3) is 4.93. The lowest BCUT2D eigenvalue weighted by Gasteiger charge is -2.45. The zero-order valence-corrected chi connectivity index (χ0v) is 26.3. The molecule has 1 aliphatic carbocycles. The second-order valence-corrected chi connectivity index (χ2v) is 15.2. The van der Waals surface area contributed by atoms with Crippen LogP contribution in [-0.4, -0.2) is 80.6 Å². The minimum atomic E-state index is -3.88. The quantitative estimate of drug-likeness (QED) is 0.181. The van der Waals surface area contributed by atoms with Crippen LogP contribution in [0.3, 0.4) is 0 Å². The second kappa shape index (κ2) is 11.0. The average molecular weight is 679 g/mol. The number of ether oxygens (including phenoxy) is 1. The summed E-state index contributed by atoms with van der Waals surface area (Å²) < 4.78 is 61.4. The van der Waals surface area contributed by atoms with Crippen LogP contribution in [0.1, 0.15) is 25.6 Å². The number of aromatic nitrogens is 9. The van der Waals surface area contributed by atoms with Crippen molar-refractivity contribution in [2.45, 2.75) is 37.8 Å². The van der Waals surface area contributed by atoms with Crippen LogP contribution in [0.5, 0.6) is 5.88 Å². The summed E-state index contributed by atoms with van der Waals surface area (Å²) in [5, 5.41) is 10.4. The Bertz CT molecular complexity index is 2000. The Hall–Kier alpha value is -3.15. The molecular weight excluding hydrogens is 650 g/mol. The summed E-state index contributed by atoms with van der Waals surface area (Å²) in [4.78, 5) is 25.2. The lowest BCUT2D eigenvalue weighted by atomic mass is 9.70. The average Bonchev–Trinajstić information content (AvgIpc) is 3.78. The van der Waals surface area contributed by atoms with Crippen LogP contribution in [0.25, 0.3) is 28.1 Å². The van der Waals surface area contributed by atoms with Gasteiger partial charge >= 0.3 is 15.1 Å². The zero-order valence-electron chi connectivity index (χ0n) is 23.6. The fourth-order valence-electron chi connectivity index (χ4n) is 6.50. The maximum Gasteiger partial charge on any atom is 0.386 e. The van der Waals surface area contributed by atoms with E-state index in [0.29, 0.717) is 34.5 Å². The van der Waals surface area contributed by atoms with Crippen molar-refractivity contribution in [3.63, 3.8) is 0 Å². The maximum absolute atomic E-state index is 13.4. The number of imidazole rings is 3. The number of anilines is 1. The van der Waals surface area contributed by atoms with Gasteiger partial charge in [-0.15, -0.1) is 0 Å². The van der Waals surface area contributed by atoms with Crippen LogP contribution in [0.2, 0.25) is 0 Å². The van der Waals surface area contributed by atoms with Gasteiger partial charge < -0.3 is 33.7 Å². The molecule has 238 valence electrons. The number of rotatable bonds is 2. The maximum atomic E-state index is 13.4. The van der Waals surface area contributed by atoms with Crippen LogP contribution in [0.15, 0.2) is 31.4 Å². The van der Waals surface area contributed by atoms with Gasteiger partial charge in [-0.25, -0.2) is 29.5 Å². The van der Waals surface area contributed by atoms with Crippen LogP contribution < -0.4 is 5.73 Å². The van der Waals surface area contributed by atoms with Crippen molar-refractivity contribution in [2.24, 2.45) is 17.8 Å². The minimum Gasteiger partial charge on any atom is -0.492 e. The van der Waals surface area contributed by atoms with Gasteiger partial charge in [0.15, 0.2) is 22.6 Å². The molecule has 2 aliphatic heterocycles. The van der Waals surface area contributed by atoms with Crippen molar-refractivity contribution in [1.29, 1.82) is 0 Å². The van der Waals surface area contributed by atoms with Crippen LogP contribution >= 0.6 is 27.3 Å². The first-order valence-electron chi connectivity index (χ1n) is 14.1. The summed E-state index contributed by atoms with van der Waals surface area (Å²) in [5.74, 6) is -0.453. The first-order chi connectivity index (χ1) is 21.7. The Morgan fingerprint density at radius 1 is 1.09 bits per heavy atom. The smallest absolute Gasteiger partial charge is 0.386 e. The first kappa shape index (κ1) is 29.3. The molecule has 0 bridgehead atoms. The Morgan fingerprint density at radius 2 is 1.89 bits per heavy atom. The highest BCUT2D eigenvalue weighted by molar-refractivity contribution is 8.44. The van der Waals surface area contributed by atoms with E-state index in [4.69, 9.17) is 28.6 Å². The highest BCUT2D eigenvalue weighted by atomic mass is 32.7.